The van der Waals surface area contributed by atoms with Crippen molar-refractivity contribution >= 4 is 21.7 Å². The maximum atomic E-state index is 11.6. The molecule has 0 aromatic heterocycles. The van der Waals surface area contributed by atoms with E-state index >= 15 is 0 Å². The van der Waals surface area contributed by atoms with Gasteiger partial charge in [-0.15, -0.1) is 0 Å². The number of ether oxygens (including phenoxy) is 1. The van der Waals surface area contributed by atoms with Crippen molar-refractivity contribution in [2.24, 2.45) is 0 Å². The maximum absolute atomic E-state index is 11.6. The van der Waals surface area contributed by atoms with Crippen molar-refractivity contribution in [2.45, 2.75) is 6.92 Å². The topological polar surface area (TPSA) is 83.9 Å². The maximum Gasteiger partial charge on any atom is 0.335 e. The summed E-state index contributed by atoms with van der Waals surface area (Å²) in [5.74, 6) is -0.810. The van der Waals surface area contributed by atoms with Crippen molar-refractivity contribution in [2.75, 3.05) is 24.2 Å². The van der Waals surface area contributed by atoms with Crippen LogP contribution in [0, 0.1) is 0 Å². The van der Waals surface area contributed by atoms with E-state index in [0.29, 0.717) is 5.75 Å². The molecule has 0 saturated heterocycles. The molecule has 1 aromatic rings. The molecule has 0 aliphatic carbocycles. The van der Waals surface area contributed by atoms with Gasteiger partial charge in [0.25, 0.3) is 0 Å². The van der Waals surface area contributed by atoms with E-state index in [0.717, 1.165) is 10.6 Å². The molecule has 0 bridgehead atoms. The van der Waals surface area contributed by atoms with E-state index in [1.54, 1.807) is 6.92 Å². The fourth-order valence-electron chi connectivity index (χ4n) is 1.60. The van der Waals surface area contributed by atoms with Crippen LogP contribution in [0.3, 0.4) is 0 Å². The molecule has 6 nitrogen and oxygen atoms in total. The number of hydrogen-bond acceptors (Lipinski definition) is 4. The fraction of sp³-hybridized carbons (Fsp3) is 0.364. The second-order valence-corrected chi connectivity index (χ2v) is 5.53. The van der Waals surface area contributed by atoms with Crippen LogP contribution in [0.4, 0.5) is 5.69 Å². The fourth-order valence-corrected chi connectivity index (χ4v) is 2.57. The number of anilines is 1. The molecule has 0 saturated carbocycles. The van der Waals surface area contributed by atoms with E-state index in [1.807, 2.05) is 0 Å². The molecule has 0 radical (unpaired) electrons. The average Bonchev–Trinajstić information content (AvgIpc) is 2.27. The van der Waals surface area contributed by atoms with Gasteiger partial charge in [-0.3, -0.25) is 4.31 Å². The third-order valence-electron chi connectivity index (χ3n) is 2.38. The molecular weight excluding hydrogens is 258 g/mol. The van der Waals surface area contributed by atoms with Crippen molar-refractivity contribution in [3.8, 4) is 5.75 Å². The Hall–Kier alpha value is -1.76. The summed E-state index contributed by atoms with van der Waals surface area (Å²) in [5.41, 5.74) is 0.232. The summed E-state index contributed by atoms with van der Waals surface area (Å²) >= 11 is 0. The van der Waals surface area contributed by atoms with Crippen molar-refractivity contribution in [3.63, 3.8) is 0 Å². The van der Waals surface area contributed by atoms with Gasteiger partial charge in [0.2, 0.25) is 10.0 Å². The van der Waals surface area contributed by atoms with Gasteiger partial charge < -0.3 is 9.84 Å². The highest BCUT2D eigenvalue weighted by Gasteiger charge is 2.20. The lowest BCUT2D eigenvalue weighted by molar-refractivity contribution is 0.0697. The van der Waals surface area contributed by atoms with Crippen LogP contribution in [0.15, 0.2) is 18.2 Å². The molecule has 0 aliphatic heterocycles. The Morgan fingerprint density at radius 1 is 1.44 bits per heavy atom. The standard InChI is InChI=1S/C11H15NO5S/c1-4-12(18(3,15)16)9-7-8(11(13)14)5-6-10(9)17-2/h5-7H,4H2,1-3H3,(H,13,14). The lowest BCUT2D eigenvalue weighted by atomic mass is 10.2. The lowest BCUT2D eigenvalue weighted by Crippen LogP contribution is -2.30. The first-order valence-corrected chi connectivity index (χ1v) is 7.05. The van der Waals surface area contributed by atoms with E-state index < -0.39 is 16.0 Å². The van der Waals surface area contributed by atoms with Gasteiger partial charge in [-0.05, 0) is 25.1 Å². The quantitative estimate of drug-likeness (QED) is 0.870. The van der Waals surface area contributed by atoms with Crippen LogP contribution in [0.2, 0.25) is 0 Å². The summed E-state index contributed by atoms with van der Waals surface area (Å²) < 4.78 is 29.4. The molecule has 100 valence electrons. The number of hydrogen-bond donors (Lipinski definition) is 1. The van der Waals surface area contributed by atoms with Crippen LogP contribution < -0.4 is 9.04 Å². The second-order valence-electron chi connectivity index (χ2n) is 3.62. The number of benzene rings is 1. The van der Waals surface area contributed by atoms with Gasteiger partial charge in [-0.2, -0.15) is 0 Å². The molecule has 7 heteroatoms. The molecule has 0 heterocycles. The first-order valence-electron chi connectivity index (χ1n) is 5.20. The van der Waals surface area contributed by atoms with Crippen molar-refractivity contribution in [1.82, 2.24) is 0 Å². The third-order valence-corrected chi connectivity index (χ3v) is 3.64. The van der Waals surface area contributed by atoms with Gasteiger partial charge >= 0.3 is 5.97 Å². The minimum absolute atomic E-state index is 0.00731. The smallest absolute Gasteiger partial charge is 0.335 e. The number of carboxylic acid groups (broad SMARTS) is 1. The lowest BCUT2D eigenvalue weighted by Gasteiger charge is -2.22. The van der Waals surface area contributed by atoms with Gasteiger partial charge in [0.1, 0.15) is 5.75 Å². The predicted molar refractivity (Wildman–Crippen MR) is 67.8 cm³/mol. The molecule has 0 amide bonds. The predicted octanol–water partition coefficient (Wildman–Crippen LogP) is 1.18. The van der Waals surface area contributed by atoms with Crippen LogP contribution in [-0.4, -0.2) is 39.4 Å². The highest BCUT2D eigenvalue weighted by atomic mass is 32.2. The Labute approximate surface area is 106 Å². The molecule has 0 spiro atoms. The molecule has 1 aromatic carbocycles. The molecule has 0 aliphatic rings. The van der Waals surface area contributed by atoms with Crippen molar-refractivity contribution < 1.29 is 23.1 Å². The first kappa shape index (κ1) is 14.3. The van der Waals surface area contributed by atoms with E-state index in [9.17, 15) is 13.2 Å². The van der Waals surface area contributed by atoms with Crippen molar-refractivity contribution in [1.29, 1.82) is 0 Å². The molecule has 0 atom stereocenters. The zero-order valence-electron chi connectivity index (χ0n) is 10.4. The Balaban J connectivity index is 3.44. The van der Waals surface area contributed by atoms with Crippen LogP contribution in [0.1, 0.15) is 17.3 Å². The van der Waals surface area contributed by atoms with Crippen LogP contribution in [0.25, 0.3) is 0 Å². The van der Waals surface area contributed by atoms with E-state index in [-0.39, 0.29) is 17.8 Å². The monoisotopic (exact) mass is 273 g/mol. The van der Waals surface area contributed by atoms with E-state index in [2.05, 4.69) is 0 Å². The summed E-state index contributed by atoms with van der Waals surface area (Å²) in [4.78, 5) is 10.9. The van der Waals surface area contributed by atoms with Crippen LogP contribution >= 0.6 is 0 Å². The summed E-state index contributed by atoms with van der Waals surface area (Å²) in [5, 5.41) is 8.92. The van der Waals surface area contributed by atoms with Crippen molar-refractivity contribution in [3.05, 3.63) is 23.8 Å². The largest absolute Gasteiger partial charge is 0.495 e. The minimum atomic E-state index is -3.48. The number of methoxy groups -OCH3 is 1. The Kier molecular flexibility index (Phi) is 4.18. The summed E-state index contributed by atoms with van der Waals surface area (Å²) in [6.45, 7) is 1.85. The number of nitrogens with zero attached hydrogens (tertiary/aromatic N) is 1. The summed E-state index contributed by atoms with van der Waals surface area (Å²) in [6, 6.07) is 4.08. The SMILES string of the molecule is CCN(c1cc(C(=O)O)ccc1OC)S(C)(=O)=O. The van der Waals surface area contributed by atoms with E-state index in [4.69, 9.17) is 9.84 Å². The summed E-state index contributed by atoms with van der Waals surface area (Å²) in [7, 11) is -2.08. The number of rotatable bonds is 5. The normalized spacial score (nSPS) is 11.1. The van der Waals surface area contributed by atoms with Gasteiger partial charge in [-0.25, -0.2) is 13.2 Å². The molecule has 0 fully saturated rings. The van der Waals surface area contributed by atoms with E-state index in [1.165, 1.54) is 25.3 Å². The molecule has 1 rings (SSSR count). The van der Waals surface area contributed by atoms with Crippen LogP contribution in [-0.2, 0) is 10.0 Å². The molecule has 0 unspecified atom stereocenters. The summed E-state index contributed by atoms with van der Waals surface area (Å²) in [6.07, 6.45) is 1.06. The Morgan fingerprint density at radius 2 is 2.06 bits per heavy atom. The Morgan fingerprint density at radius 3 is 2.44 bits per heavy atom. The highest BCUT2D eigenvalue weighted by molar-refractivity contribution is 7.92. The zero-order chi connectivity index (χ0) is 13.9. The second kappa shape index (κ2) is 5.26. The minimum Gasteiger partial charge on any atom is -0.495 e. The third kappa shape index (κ3) is 2.92. The van der Waals surface area contributed by atoms with Gasteiger partial charge in [0.15, 0.2) is 0 Å². The first-order chi connectivity index (χ1) is 8.31. The highest BCUT2D eigenvalue weighted by Crippen LogP contribution is 2.30. The van der Waals surface area contributed by atoms with Crippen LogP contribution in [0.5, 0.6) is 5.75 Å². The van der Waals surface area contributed by atoms with Gasteiger partial charge in [0, 0.05) is 6.54 Å². The average molecular weight is 273 g/mol. The number of carbonyl (C=O) groups is 1. The Bertz CT molecular complexity index is 553. The van der Waals surface area contributed by atoms with Gasteiger partial charge in [-0.1, -0.05) is 0 Å². The molecular formula is C11H15NO5S. The number of carboxylic acids is 1. The zero-order valence-corrected chi connectivity index (χ0v) is 11.2. The molecule has 18 heavy (non-hydrogen) atoms. The molecule has 1 N–H and O–H groups in total. The number of sulfonamides is 1. The van der Waals surface area contributed by atoms with Gasteiger partial charge in [0.05, 0.1) is 24.6 Å². The number of aromatic carboxylic acids is 1.